The Bertz CT molecular complexity index is 1520. The van der Waals surface area contributed by atoms with Crippen molar-refractivity contribution in [3.8, 4) is 23.1 Å². The first-order valence-corrected chi connectivity index (χ1v) is 11.3. The van der Waals surface area contributed by atoms with E-state index in [0.717, 1.165) is 18.9 Å². The van der Waals surface area contributed by atoms with Crippen molar-refractivity contribution >= 4 is 28.4 Å². The third-order valence-corrected chi connectivity index (χ3v) is 6.39. The summed E-state index contributed by atoms with van der Waals surface area (Å²) in [5.41, 5.74) is 6.48. The lowest BCUT2D eigenvalue weighted by Crippen LogP contribution is -2.45. The molecule has 1 atom stereocenters. The molecule has 1 aliphatic heterocycles. The molecule has 0 aliphatic carbocycles. The minimum absolute atomic E-state index is 0.0252. The lowest BCUT2D eigenvalue weighted by molar-refractivity contribution is 0.0703. The minimum atomic E-state index is -0.770. The van der Waals surface area contributed by atoms with Gasteiger partial charge in [0.25, 0.3) is 5.91 Å². The number of imidazole rings is 1. The van der Waals surface area contributed by atoms with Gasteiger partial charge in [0.1, 0.15) is 28.7 Å². The fourth-order valence-corrected chi connectivity index (χ4v) is 4.66. The van der Waals surface area contributed by atoms with Crippen molar-refractivity contribution in [2.24, 2.45) is 12.8 Å². The molecule has 4 aromatic rings. The fourth-order valence-electron chi connectivity index (χ4n) is 4.37. The predicted molar refractivity (Wildman–Crippen MR) is 126 cm³/mol. The summed E-state index contributed by atoms with van der Waals surface area (Å²) in [5.74, 6) is -1.80. The summed E-state index contributed by atoms with van der Waals surface area (Å²) in [4.78, 5) is 19.4. The normalized spacial score (nSPS) is 16.0. The van der Waals surface area contributed by atoms with Crippen LogP contribution >= 0.6 is 11.6 Å². The van der Waals surface area contributed by atoms with Crippen molar-refractivity contribution in [1.29, 1.82) is 5.26 Å². The van der Waals surface area contributed by atoms with Crippen molar-refractivity contribution in [2.45, 2.75) is 18.9 Å². The van der Waals surface area contributed by atoms with Crippen LogP contribution in [0.1, 0.15) is 28.9 Å². The smallest absolute Gasteiger partial charge is 0.275 e. The highest BCUT2D eigenvalue weighted by atomic mass is 35.5. The van der Waals surface area contributed by atoms with E-state index in [9.17, 15) is 9.18 Å². The zero-order valence-electron chi connectivity index (χ0n) is 18.7. The maximum Gasteiger partial charge on any atom is 0.275 e. The highest BCUT2D eigenvalue weighted by molar-refractivity contribution is 6.33. The van der Waals surface area contributed by atoms with Crippen LogP contribution in [-0.4, -0.2) is 49.3 Å². The van der Waals surface area contributed by atoms with Gasteiger partial charge in [-0.3, -0.25) is 14.0 Å². The molecule has 0 radical (unpaired) electrons. The number of carbonyl (C=O) groups is 1. The summed E-state index contributed by atoms with van der Waals surface area (Å²) in [7, 11) is 1.72. The Morgan fingerprint density at radius 3 is 2.77 bits per heavy atom. The number of aryl methyl sites for hydroxylation is 1. The Hall–Kier alpha value is -3.81. The van der Waals surface area contributed by atoms with Crippen molar-refractivity contribution in [2.75, 3.05) is 13.1 Å². The van der Waals surface area contributed by atoms with Crippen molar-refractivity contribution in [1.82, 2.24) is 24.2 Å². The number of amides is 1. The average Bonchev–Trinajstić information content (AvgIpc) is 3.36. The van der Waals surface area contributed by atoms with Crippen LogP contribution in [0.4, 0.5) is 8.78 Å². The van der Waals surface area contributed by atoms with Crippen LogP contribution in [0.3, 0.4) is 0 Å². The van der Waals surface area contributed by atoms with Gasteiger partial charge in [0, 0.05) is 49.4 Å². The Kier molecular flexibility index (Phi) is 5.75. The molecule has 0 saturated carbocycles. The van der Waals surface area contributed by atoms with Gasteiger partial charge in [0.15, 0.2) is 5.69 Å². The minimum Gasteiger partial charge on any atom is -0.336 e. The molecule has 2 aromatic carbocycles. The standard InChI is InChI=1S/C24H20ClF2N7O/c1-32-11-15-8-20(18(27)9-19(15)31-32)34-22(25)21(24(35)33-6-2-3-16(29)12-33)30-23(34)13-4-5-14(10-28)17(26)7-13/h4-5,7-9,11,16H,2-3,6,12,29H2,1H3/t16-/m1/s1. The lowest BCUT2D eigenvalue weighted by atomic mass is 10.1. The number of nitrogens with zero attached hydrogens (tertiary/aromatic N) is 6. The van der Waals surface area contributed by atoms with E-state index < -0.39 is 17.5 Å². The predicted octanol–water partition coefficient (Wildman–Crippen LogP) is 3.79. The number of fused-ring (bicyclic) bond motifs is 1. The molecule has 35 heavy (non-hydrogen) atoms. The number of benzene rings is 2. The molecule has 3 heterocycles. The van der Waals surface area contributed by atoms with Gasteiger partial charge in [0.05, 0.1) is 16.8 Å². The van der Waals surface area contributed by atoms with E-state index >= 15 is 4.39 Å². The van der Waals surface area contributed by atoms with Crippen molar-refractivity contribution in [3.63, 3.8) is 0 Å². The number of carbonyl (C=O) groups excluding carboxylic acids is 1. The quantitative estimate of drug-likeness (QED) is 0.465. The van der Waals surface area contributed by atoms with E-state index in [2.05, 4.69) is 10.1 Å². The van der Waals surface area contributed by atoms with Gasteiger partial charge in [-0.05, 0) is 37.1 Å². The molecule has 0 bridgehead atoms. The monoisotopic (exact) mass is 495 g/mol. The second-order valence-corrected chi connectivity index (χ2v) is 8.89. The van der Waals surface area contributed by atoms with Crippen LogP contribution in [0, 0.1) is 23.0 Å². The maximum atomic E-state index is 15.3. The molecule has 1 aliphatic rings. The summed E-state index contributed by atoms with van der Waals surface area (Å²) in [6, 6.07) is 8.28. The first-order valence-electron chi connectivity index (χ1n) is 10.9. The highest BCUT2D eigenvalue weighted by Crippen LogP contribution is 2.34. The third kappa shape index (κ3) is 4.03. The highest BCUT2D eigenvalue weighted by Gasteiger charge is 2.30. The number of rotatable bonds is 3. The molecule has 1 fully saturated rings. The largest absolute Gasteiger partial charge is 0.336 e. The summed E-state index contributed by atoms with van der Waals surface area (Å²) < 4.78 is 32.6. The number of piperidine rings is 1. The van der Waals surface area contributed by atoms with Crippen molar-refractivity contribution in [3.05, 3.63) is 64.6 Å². The molecule has 2 aromatic heterocycles. The SMILES string of the molecule is Cn1cc2cc(-n3c(-c4ccc(C#N)c(F)c4)nc(C(=O)N4CCC[C@@H](N)C4)c3Cl)c(F)cc2n1. The number of nitriles is 1. The number of nitrogens with two attached hydrogens (primary N) is 1. The molecule has 8 nitrogen and oxygen atoms in total. The molecule has 11 heteroatoms. The number of halogens is 3. The van der Waals surface area contributed by atoms with E-state index in [0.29, 0.717) is 24.0 Å². The van der Waals surface area contributed by atoms with Gasteiger partial charge in [0.2, 0.25) is 0 Å². The molecule has 178 valence electrons. The summed E-state index contributed by atoms with van der Waals surface area (Å²) in [5, 5.41) is 13.8. The average molecular weight is 496 g/mol. The molecular formula is C24H20ClF2N7O. The fraction of sp³-hybridized carbons (Fsp3) is 0.250. The van der Waals surface area contributed by atoms with E-state index in [1.165, 1.54) is 22.8 Å². The van der Waals surface area contributed by atoms with Gasteiger partial charge in [-0.1, -0.05) is 11.6 Å². The van der Waals surface area contributed by atoms with Gasteiger partial charge >= 0.3 is 0 Å². The molecule has 0 spiro atoms. The number of likely N-dealkylation sites (tertiary alicyclic amines) is 1. The first kappa shape index (κ1) is 23.0. The maximum absolute atomic E-state index is 15.3. The Balaban J connectivity index is 1.72. The first-order chi connectivity index (χ1) is 16.8. The second-order valence-electron chi connectivity index (χ2n) is 8.54. The number of hydrogen-bond acceptors (Lipinski definition) is 5. The number of aromatic nitrogens is 4. The molecule has 1 amide bonds. The van der Waals surface area contributed by atoms with Gasteiger partial charge in [-0.15, -0.1) is 0 Å². The van der Waals surface area contributed by atoms with Crippen LogP contribution in [0.25, 0.3) is 28.0 Å². The topological polar surface area (TPSA) is 106 Å². The van der Waals surface area contributed by atoms with E-state index in [4.69, 9.17) is 22.6 Å². The molecule has 1 saturated heterocycles. The molecular weight excluding hydrogens is 476 g/mol. The van der Waals surface area contributed by atoms with Gasteiger partial charge in [-0.2, -0.15) is 10.4 Å². The van der Waals surface area contributed by atoms with Crippen LogP contribution in [-0.2, 0) is 7.05 Å². The zero-order valence-corrected chi connectivity index (χ0v) is 19.4. The van der Waals surface area contributed by atoms with Gasteiger partial charge < -0.3 is 10.6 Å². The van der Waals surface area contributed by atoms with Crippen LogP contribution in [0.15, 0.2) is 36.5 Å². The van der Waals surface area contributed by atoms with Crippen LogP contribution < -0.4 is 5.73 Å². The molecule has 5 rings (SSSR count). The van der Waals surface area contributed by atoms with E-state index in [1.807, 2.05) is 0 Å². The second kappa shape index (κ2) is 8.76. The summed E-state index contributed by atoms with van der Waals surface area (Å²) in [6.07, 6.45) is 3.26. The van der Waals surface area contributed by atoms with Crippen LogP contribution in [0.2, 0.25) is 5.15 Å². The van der Waals surface area contributed by atoms with Crippen LogP contribution in [0.5, 0.6) is 0 Å². The van der Waals surface area contributed by atoms with Gasteiger partial charge in [-0.25, -0.2) is 13.8 Å². The third-order valence-electron chi connectivity index (χ3n) is 6.05. The summed E-state index contributed by atoms with van der Waals surface area (Å²) in [6.45, 7) is 0.839. The zero-order chi connectivity index (χ0) is 24.9. The molecule has 2 N–H and O–H groups in total. The van der Waals surface area contributed by atoms with E-state index in [1.54, 1.807) is 35.0 Å². The van der Waals surface area contributed by atoms with E-state index in [-0.39, 0.29) is 39.5 Å². The lowest BCUT2D eigenvalue weighted by Gasteiger charge is -2.30. The Labute approximate surface area is 204 Å². The summed E-state index contributed by atoms with van der Waals surface area (Å²) >= 11 is 6.68. The Morgan fingerprint density at radius 1 is 1.26 bits per heavy atom. The van der Waals surface area contributed by atoms with Crippen molar-refractivity contribution < 1.29 is 13.6 Å². The Morgan fingerprint density at radius 2 is 2.06 bits per heavy atom. The molecule has 0 unspecified atom stereocenters. The number of hydrogen-bond donors (Lipinski definition) is 1.